The zero-order chi connectivity index (χ0) is 15.2. The highest BCUT2D eigenvalue weighted by molar-refractivity contribution is 5.99. The van der Waals surface area contributed by atoms with Crippen LogP contribution in [0, 0.1) is 0 Å². The summed E-state index contributed by atoms with van der Waals surface area (Å²) in [5.41, 5.74) is 0.558. The molecular formula is C17H21NO3. The molecule has 0 aliphatic rings. The number of benzene rings is 2. The van der Waals surface area contributed by atoms with Gasteiger partial charge in [-0.3, -0.25) is 4.79 Å². The van der Waals surface area contributed by atoms with Gasteiger partial charge in [-0.2, -0.15) is 0 Å². The second-order valence-electron chi connectivity index (χ2n) is 5.22. The Labute approximate surface area is 124 Å². The molecule has 4 heteroatoms. The molecule has 0 aliphatic carbocycles. The van der Waals surface area contributed by atoms with Crippen LogP contribution in [0.4, 0.5) is 0 Å². The number of unbranched alkanes of at least 4 members (excludes halogenated alkanes) is 3. The Hall–Kier alpha value is -2.23. The first kappa shape index (κ1) is 15.2. The van der Waals surface area contributed by atoms with E-state index >= 15 is 0 Å². The number of amides is 1. The summed E-state index contributed by atoms with van der Waals surface area (Å²) in [5.74, 6) is -0.448. The number of nitrogens with one attached hydrogen (secondary N) is 1. The van der Waals surface area contributed by atoms with E-state index in [-0.39, 0.29) is 17.4 Å². The Kier molecular flexibility index (Phi) is 5.04. The van der Waals surface area contributed by atoms with Crippen molar-refractivity contribution < 1.29 is 15.0 Å². The third-order valence-electron chi connectivity index (χ3n) is 3.51. The van der Waals surface area contributed by atoms with Crippen molar-refractivity contribution >= 4 is 16.7 Å². The molecule has 0 saturated heterocycles. The Bertz CT molecular complexity index is 637. The molecule has 3 N–H and O–H groups in total. The van der Waals surface area contributed by atoms with Crippen molar-refractivity contribution in [2.75, 3.05) is 6.54 Å². The predicted molar refractivity (Wildman–Crippen MR) is 83.8 cm³/mol. The van der Waals surface area contributed by atoms with Crippen LogP contribution in [0.25, 0.3) is 10.8 Å². The van der Waals surface area contributed by atoms with E-state index in [9.17, 15) is 15.0 Å². The first-order valence-electron chi connectivity index (χ1n) is 7.35. The van der Waals surface area contributed by atoms with Gasteiger partial charge in [-0.15, -0.1) is 0 Å². The average Bonchev–Trinajstić information content (AvgIpc) is 2.47. The molecule has 0 unspecified atom stereocenters. The van der Waals surface area contributed by atoms with Gasteiger partial charge in [0.2, 0.25) is 0 Å². The minimum absolute atomic E-state index is 0.110. The Balaban J connectivity index is 2.04. The van der Waals surface area contributed by atoms with Gasteiger partial charge in [0.1, 0.15) is 0 Å². The number of phenols is 2. The first-order chi connectivity index (χ1) is 10.1. The number of rotatable bonds is 6. The van der Waals surface area contributed by atoms with Gasteiger partial charge in [0.15, 0.2) is 11.5 Å². The van der Waals surface area contributed by atoms with Crippen LogP contribution in [0.5, 0.6) is 11.5 Å². The number of hydrogen-bond acceptors (Lipinski definition) is 3. The van der Waals surface area contributed by atoms with E-state index in [1.54, 1.807) is 18.2 Å². The van der Waals surface area contributed by atoms with Crippen molar-refractivity contribution in [3.05, 3.63) is 35.9 Å². The van der Waals surface area contributed by atoms with E-state index in [4.69, 9.17) is 0 Å². The molecule has 2 aromatic rings. The zero-order valence-corrected chi connectivity index (χ0v) is 12.2. The van der Waals surface area contributed by atoms with E-state index in [1.807, 2.05) is 0 Å². The van der Waals surface area contributed by atoms with Gasteiger partial charge in [-0.05, 0) is 41.5 Å². The number of carbonyl (C=O) groups excluding carboxylic acids is 1. The number of hydrogen-bond donors (Lipinski definition) is 3. The predicted octanol–water partition coefficient (Wildman–Crippen LogP) is 3.56. The molecule has 0 atom stereocenters. The lowest BCUT2D eigenvalue weighted by Gasteiger charge is -2.07. The molecule has 0 aromatic heterocycles. The minimum Gasteiger partial charge on any atom is -0.504 e. The number of phenolic OH excluding ortho intramolecular Hbond substituents is 2. The van der Waals surface area contributed by atoms with E-state index in [0.717, 1.165) is 23.6 Å². The fourth-order valence-electron chi connectivity index (χ4n) is 2.27. The third-order valence-corrected chi connectivity index (χ3v) is 3.51. The number of fused-ring (bicyclic) bond motifs is 1. The fourth-order valence-corrected chi connectivity index (χ4v) is 2.27. The molecule has 0 aliphatic heterocycles. The molecule has 1 amide bonds. The van der Waals surface area contributed by atoms with Gasteiger partial charge < -0.3 is 15.5 Å². The molecule has 112 valence electrons. The van der Waals surface area contributed by atoms with Crippen molar-refractivity contribution in [2.24, 2.45) is 0 Å². The van der Waals surface area contributed by atoms with E-state index in [2.05, 4.69) is 12.2 Å². The lowest BCUT2D eigenvalue weighted by atomic mass is 10.1. The average molecular weight is 287 g/mol. The molecule has 0 saturated carbocycles. The van der Waals surface area contributed by atoms with E-state index in [0.29, 0.717) is 12.1 Å². The van der Waals surface area contributed by atoms with Crippen LogP contribution in [-0.4, -0.2) is 22.7 Å². The molecule has 0 fully saturated rings. The van der Waals surface area contributed by atoms with Gasteiger partial charge in [0.05, 0.1) is 0 Å². The van der Waals surface area contributed by atoms with Crippen molar-refractivity contribution in [2.45, 2.75) is 32.6 Å². The van der Waals surface area contributed by atoms with E-state index in [1.165, 1.54) is 25.0 Å². The van der Waals surface area contributed by atoms with Gasteiger partial charge in [0.25, 0.3) is 5.91 Å². The van der Waals surface area contributed by atoms with E-state index < -0.39 is 0 Å². The van der Waals surface area contributed by atoms with Crippen LogP contribution in [-0.2, 0) is 0 Å². The molecule has 0 heterocycles. The summed E-state index contributed by atoms with van der Waals surface area (Å²) in [6, 6.07) is 8.15. The summed E-state index contributed by atoms with van der Waals surface area (Å²) < 4.78 is 0. The highest BCUT2D eigenvalue weighted by Gasteiger charge is 2.08. The number of aromatic hydroxyl groups is 2. The van der Waals surface area contributed by atoms with Crippen molar-refractivity contribution in [3.8, 4) is 11.5 Å². The molecule has 21 heavy (non-hydrogen) atoms. The smallest absolute Gasteiger partial charge is 0.251 e. The molecule has 2 aromatic carbocycles. The van der Waals surface area contributed by atoms with Crippen LogP contribution >= 0.6 is 0 Å². The Morgan fingerprint density at radius 3 is 2.43 bits per heavy atom. The lowest BCUT2D eigenvalue weighted by Crippen LogP contribution is -2.24. The van der Waals surface area contributed by atoms with Gasteiger partial charge in [-0.25, -0.2) is 0 Å². The highest BCUT2D eigenvalue weighted by atomic mass is 16.3. The first-order valence-corrected chi connectivity index (χ1v) is 7.35. The van der Waals surface area contributed by atoms with Crippen LogP contribution < -0.4 is 5.32 Å². The summed E-state index contributed by atoms with van der Waals surface area (Å²) in [4.78, 5) is 12.0. The number of carbonyl (C=O) groups is 1. The molecule has 2 rings (SSSR count). The summed E-state index contributed by atoms with van der Waals surface area (Å²) >= 11 is 0. The minimum atomic E-state index is -0.181. The quantitative estimate of drug-likeness (QED) is 0.562. The monoisotopic (exact) mass is 287 g/mol. The molecular weight excluding hydrogens is 266 g/mol. The van der Waals surface area contributed by atoms with Gasteiger partial charge in [-0.1, -0.05) is 32.3 Å². The standard InChI is InChI=1S/C17H21NO3/c1-2-3-4-5-8-18-17(21)13-7-6-12-10-15(19)16(20)11-14(12)9-13/h6-7,9-11,19-20H,2-5,8H2,1H3,(H,18,21). The Morgan fingerprint density at radius 2 is 1.71 bits per heavy atom. The maximum Gasteiger partial charge on any atom is 0.251 e. The summed E-state index contributed by atoms with van der Waals surface area (Å²) in [7, 11) is 0. The maximum absolute atomic E-state index is 12.0. The van der Waals surface area contributed by atoms with Crippen LogP contribution in [0.2, 0.25) is 0 Å². The molecule has 0 spiro atoms. The van der Waals surface area contributed by atoms with Crippen molar-refractivity contribution in [1.29, 1.82) is 0 Å². The summed E-state index contributed by atoms with van der Waals surface area (Å²) in [5, 5.41) is 23.4. The second kappa shape index (κ2) is 6.97. The molecule has 0 bridgehead atoms. The normalized spacial score (nSPS) is 10.7. The largest absolute Gasteiger partial charge is 0.504 e. The van der Waals surface area contributed by atoms with Crippen LogP contribution in [0.3, 0.4) is 0 Å². The SMILES string of the molecule is CCCCCCNC(=O)c1ccc2cc(O)c(O)cc2c1. The van der Waals surface area contributed by atoms with Crippen molar-refractivity contribution in [3.63, 3.8) is 0 Å². The summed E-state index contributed by atoms with van der Waals surface area (Å²) in [6.07, 6.45) is 4.48. The zero-order valence-electron chi connectivity index (χ0n) is 12.2. The van der Waals surface area contributed by atoms with Crippen LogP contribution in [0.1, 0.15) is 43.0 Å². The van der Waals surface area contributed by atoms with Gasteiger partial charge >= 0.3 is 0 Å². The highest BCUT2D eigenvalue weighted by Crippen LogP contribution is 2.30. The Morgan fingerprint density at radius 1 is 1.00 bits per heavy atom. The topological polar surface area (TPSA) is 69.6 Å². The molecule has 4 nitrogen and oxygen atoms in total. The third kappa shape index (κ3) is 3.88. The lowest BCUT2D eigenvalue weighted by molar-refractivity contribution is 0.0953. The van der Waals surface area contributed by atoms with Gasteiger partial charge in [0, 0.05) is 12.1 Å². The fraction of sp³-hybridized carbons (Fsp3) is 0.353. The summed E-state index contributed by atoms with van der Waals surface area (Å²) in [6.45, 7) is 2.83. The maximum atomic E-state index is 12.0. The van der Waals surface area contributed by atoms with Crippen molar-refractivity contribution in [1.82, 2.24) is 5.32 Å². The second-order valence-corrected chi connectivity index (χ2v) is 5.22. The molecule has 0 radical (unpaired) electrons. The van der Waals surface area contributed by atoms with Crippen LogP contribution in [0.15, 0.2) is 30.3 Å².